The van der Waals surface area contributed by atoms with Crippen LogP contribution in [-0.2, 0) is 23.0 Å². The van der Waals surface area contributed by atoms with Crippen LogP contribution in [0.4, 0.5) is 0 Å². The van der Waals surface area contributed by atoms with Gasteiger partial charge in [-0.3, -0.25) is 0 Å². The number of nitrogens with one attached hydrogen (secondary N) is 1. The maximum atomic E-state index is 11.2. The minimum Gasteiger partial charge on any atom is -0.302 e. The Morgan fingerprint density at radius 3 is 2.48 bits per heavy atom. The van der Waals surface area contributed by atoms with E-state index in [-0.39, 0.29) is 0 Å². The lowest BCUT2D eigenvalue weighted by Crippen LogP contribution is -2.23. The van der Waals surface area contributed by atoms with Gasteiger partial charge in [0.2, 0.25) is 10.0 Å². The predicted molar refractivity (Wildman–Crippen MR) is 121 cm³/mol. The lowest BCUT2D eigenvalue weighted by molar-refractivity contribution is 0.587. The third kappa shape index (κ3) is 6.95. The largest absolute Gasteiger partial charge is 0.302 e. The predicted octanol–water partition coefficient (Wildman–Crippen LogP) is 3.98. The summed E-state index contributed by atoms with van der Waals surface area (Å²) >= 11 is 5.07. The molecule has 0 spiro atoms. The highest BCUT2D eigenvalue weighted by Crippen LogP contribution is 2.26. The first-order valence-corrected chi connectivity index (χ1v) is 12.9. The second-order valence-electron chi connectivity index (χ2n) is 6.57. The fourth-order valence-corrected chi connectivity index (χ4v) is 4.47. The highest BCUT2D eigenvalue weighted by atomic mass is 79.9. The van der Waals surface area contributed by atoms with E-state index in [1.807, 2.05) is 42.5 Å². The van der Waals surface area contributed by atoms with E-state index in [4.69, 9.17) is 0 Å². The summed E-state index contributed by atoms with van der Waals surface area (Å²) in [5.74, 6) is 1.59. The number of benzene rings is 2. The number of rotatable bonds is 10. The van der Waals surface area contributed by atoms with Gasteiger partial charge in [-0.1, -0.05) is 70.2 Å². The van der Waals surface area contributed by atoms with Gasteiger partial charge in [0.15, 0.2) is 11.0 Å². The smallest absolute Gasteiger partial charge is 0.208 e. The van der Waals surface area contributed by atoms with Crippen molar-refractivity contribution in [2.45, 2.75) is 24.5 Å². The summed E-state index contributed by atoms with van der Waals surface area (Å²) in [6, 6.07) is 18.4. The van der Waals surface area contributed by atoms with E-state index in [0.717, 1.165) is 46.2 Å². The molecule has 3 rings (SSSR count). The second-order valence-corrected chi connectivity index (χ2v) is 10.4. The highest BCUT2D eigenvalue weighted by molar-refractivity contribution is 9.10. The van der Waals surface area contributed by atoms with Crippen LogP contribution in [0.1, 0.15) is 12.0 Å². The van der Waals surface area contributed by atoms with Crippen molar-refractivity contribution >= 4 is 37.7 Å². The molecule has 0 amide bonds. The van der Waals surface area contributed by atoms with Gasteiger partial charge < -0.3 is 4.57 Å². The Kier molecular flexibility index (Phi) is 7.88. The summed E-state index contributed by atoms with van der Waals surface area (Å²) in [6.07, 6.45) is 2.77. The third-order valence-corrected chi connectivity index (χ3v) is 6.51. The van der Waals surface area contributed by atoms with Gasteiger partial charge in [0.05, 0.1) is 6.26 Å². The summed E-state index contributed by atoms with van der Waals surface area (Å²) in [7, 11) is -3.15. The molecule has 0 saturated heterocycles. The van der Waals surface area contributed by atoms with Gasteiger partial charge in [-0.2, -0.15) is 0 Å². The molecule has 0 saturated carbocycles. The van der Waals surface area contributed by atoms with E-state index in [1.165, 1.54) is 11.8 Å². The van der Waals surface area contributed by atoms with Crippen LogP contribution in [0, 0.1) is 0 Å². The fourth-order valence-electron chi connectivity index (χ4n) is 2.79. The van der Waals surface area contributed by atoms with Crippen LogP contribution < -0.4 is 4.72 Å². The molecule has 3 aromatic rings. The average molecular weight is 495 g/mol. The quantitative estimate of drug-likeness (QED) is 0.340. The zero-order chi connectivity index (χ0) is 20.7. The van der Waals surface area contributed by atoms with Crippen LogP contribution in [0.5, 0.6) is 0 Å². The van der Waals surface area contributed by atoms with Crippen molar-refractivity contribution in [3.8, 4) is 11.4 Å². The molecular formula is C20H23BrN4O2S2. The Morgan fingerprint density at radius 1 is 1.07 bits per heavy atom. The van der Waals surface area contributed by atoms with Crippen LogP contribution in [0.3, 0.4) is 0 Å². The van der Waals surface area contributed by atoms with Gasteiger partial charge in [-0.25, -0.2) is 13.1 Å². The van der Waals surface area contributed by atoms with Gasteiger partial charge in [0, 0.05) is 28.9 Å². The SMILES string of the molecule is CS(=O)(=O)NCCCSc1nnc(-c2ccc(Br)cc2)n1CCc1ccccc1. The normalized spacial score (nSPS) is 11.7. The number of halogens is 1. The molecule has 29 heavy (non-hydrogen) atoms. The van der Waals surface area contributed by atoms with E-state index >= 15 is 0 Å². The molecule has 0 aliphatic rings. The third-order valence-electron chi connectivity index (χ3n) is 4.20. The van der Waals surface area contributed by atoms with Gasteiger partial charge in [-0.05, 0) is 30.5 Å². The molecule has 1 aromatic heterocycles. The molecule has 1 heterocycles. The van der Waals surface area contributed by atoms with Crippen molar-refractivity contribution in [1.29, 1.82) is 0 Å². The summed E-state index contributed by atoms with van der Waals surface area (Å²) < 4.78 is 28.0. The van der Waals surface area contributed by atoms with Gasteiger partial charge in [0.1, 0.15) is 0 Å². The van der Waals surface area contributed by atoms with Crippen molar-refractivity contribution in [2.24, 2.45) is 0 Å². The molecule has 0 aliphatic carbocycles. The molecule has 0 atom stereocenters. The molecule has 0 bridgehead atoms. The monoisotopic (exact) mass is 494 g/mol. The summed E-state index contributed by atoms with van der Waals surface area (Å²) in [5.41, 5.74) is 2.27. The van der Waals surface area contributed by atoms with Crippen LogP contribution in [0.25, 0.3) is 11.4 Å². The Morgan fingerprint density at radius 2 is 1.79 bits per heavy atom. The molecule has 0 fully saturated rings. The lowest BCUT2D eigenvalue weighted by Gasteiger charge is -2.11. The van der Waals surface area contributed by atoms with Crippen molar-refractivity contribution in [3.05, 3.63) is 64.6 Å². The topological polar surface area (TPSA) is 76.9 Å². The van der Waals surface area contributed by atoms with Crippen LogP contribution in [0.2, 0.25) is 0 Å². The number of aryl methyl sites for hydroxylation is 1. The van der Waals surface area contributed by atoms with Crippen molar-refractivity contribution in [3.63, 3.8) is 0 Å². The zero-order valence-corrected chi connectivity index (χ0v) is 19.3. The molecule has 0 aliphatic heterocycles. The van der Waals surface area contributed by atoms with E-state index in [0.29, 0.717) is 6.54 Å². The number of thioether (sulfide) groups is 1. The molecular weight excluding hydrogens is 472 g/mol. The Hall–Kier alpha value is -1.68. The van der Waals surface area contributed by atoms with Gasteiger partial charge in [-0.15, -0.1) is 10.2 Å². The van der Waals surface area contributed by atoms with Crippen molar-refractivity contribution in [2.75, 3.05) is 18.6 Å². The first-order valence-electron chi connectivity index (χ1n) is 9.23. The van der Waals surface area contributed by atoms with E-state index in [1.54, 1.807) is 11.8 Å². The number of sulfonamides is 1. The second kappa shape index (κ2) is 10.4. The number of nitrogens with zero attached hydrogens (tertiary/aromatic N) is 3. The fraction of sp³-hybridized carbons (Fsp3) is 0.300. The summed E-state index contributed by atoms with van der Waals surface area (Å²) in [6.45, 7) is 1.19. The minimum absolute atomic E-state index is 0.420. The number of hydrogen-bond acceptors (Lipinski definition) is 5. The average Bonchev–Trinajstić information content (AvgIpc) is 3.09. The van der Waals surface area contributed by atoms with Crippen molar-refractivity contribution in [1.82, 2.24) is 19.5 Å². The van der Waals surface area contributed by atoms with Gasteiger partial charge >= 0.3 is 0 Å². The van der Waals surface area contributed by atoms with Crippen LogP contribution in [-0.4, -0.2) is 41.7 Å². The molecule has 154 valence electrons. The van der Waals surface area contributed by atoms with Crippen molar-refractivity contribution < 1.29 is 8.42 Å². The minimum atomic E-state index is -3.15. The Bertz CT molecular complexity index is 1020. The molecule has 1 N–H and O–H groups in total. The Balaban J connectivity index is 1.73. The molecule has 0 radical (unpaired) electrons. The number of aromatic nitrogens is 3. The van der Waals surface area contributed by atoms with Crippen LogP contribution in [0.15, 0.2) is 64.2 Å². The maximum Gasteiger partial charge on any atom is 0.208 e. The molecule has 9 heteroatoms. The first kappa shape index (κ1) is 22.0. The molecule has 0 unspecified atom stereocenters. The first-order chi connectivity index (χ1) is 13.9. The van der Waals surface area contributed by atoms with Gasteiger partial charge in [0.25, 0.3) is 0 Å². The van der Waals surface area contributed by atoms with Crippen LogP contribution >= 0.6 is 27.7 Å². The highest BCUT2D eigenvalue weighted by Gasteiger charge is 2.14. The Labute approximate surface area is 184 Å². The van der Waals surface area contributed by atoms with E-state index < -0.39 is 10.0 Å². The lowest BCUT2D eigenvalue weighted by atomic mass is 10.1. The zero-order valence-electron chi connectivity index (χ0n) is 16.1. The standard InChI is InChI=1S/C20H23BrN4O2S2/c1-29(26,27)22-13-5-15-28-20-24-23-19(17-8-10-18(21)11-9-17)25(20)14-12-16-6-3-2-4-7-16/h2-4,6-11,22H,5,12-15H2,1H3. The maximum absolute atomic E-state index is 11.2. The molecule has 2 aromatic carbocycles. The molecule has 6 nitrogen and oxygen atoms in total. The summed E-state index contributed by atoms with van der Waals surface area (Å²) in [4.78, 5) is 0. The van der Waals surface area contributed by atoms with E-state index in [2.05, 4.69) is 47.5 Å². The number of hydrogen-bond donors (Lipinski definition) is 1. The van der Waals surface area contributed by atoms with E-state index in [9.17, 15) is 8.42 Å². The summed E-state index contributed by atoms with van der Waals surface area (Å²) in [5, 5.41) is 9.68.